The van der Waals surface area contributed by atoms with Crippen molar-refractivity contribution in [1.82, 2.24) is 15.2 Å². The fourth-order valence-corrected chi connectivity index (χ4v) is 4.68. The van der Waals surface area contributed by atoms with Gasteiger partial charge in [-0.1, -0.05) is 23.5 Å². The van der Waals surface area contributed by atoms with Crippen LogP contribution in [0, 0.1) is 11.3 Å². The first-order valence-electron chi connectivity index (χ1n) is 12.3. The topological polar surface area (TPSA) is 126 Å². The third-order valence-corrected chi connectivity index (χ3v) is 6.85. The zero-order valence-electron chi connectivity index (χ0n) is 22.6. The second-order valence-corrected chi connectivity index (χ2v) is 10.0. The third kappa shape index (κ3) is 6.85. The van der Waals surface area contributed by atoms with Crippen LogP contribution in [0.4, 0.5) is 5.13 Å². The van der Waals surface area contributed by atoms with E-state index < -0.39 is 12.0 Å². The molecule has 2 amide bonds. The summed E-state index contributed by atoms with van der Waals surface area (Å²) in [7, 11) is 6.97. The van der Waals surface area contributed by atoms with Crippen molar-refractivity contribution in [2.45, 2.75) is 6.10 Å². The van der Waals surface area contributed by atoms with Crippen LogP contribution >= 0.6 is 11.3 Å². The van der Waals surface area contributed by atoms with Gasteiger partial charge >= 0.3 is 0 Å². The number of nitrogens with zero attached hydrogens (tertiary/aromatic N) is 3. The number of hydrogen-bond acceptors (Lipinski definition) is 9. The normalized spacial score (nSPS) is 11.5. The average Bonchev–Trinajstić information content (AvgIpc) is 3.36. The molecule has 0 spiro atoms. The molecule has 2 N–H and O–H groups in total. The van der Waals surface area contributed by atoms with Crippen molar-refractivity contribution < 1.29 is 23.8 Å². The summed E-state index contributed by atoms with van der Waals surface area (Å²) in [6.45, 7) is 1.25. The number of anilines is 1. The summed E-state index contributed by atoms with van der Waals surface area (Å²) in [5, 5.41) is 15.3. The van der Waals surface area contributed by atoms with Gasteiger partial charge in [0.25, 0.3) is 11.8 Å². The lowest BCUT2D eigenvalue weighted by atomic mass is 10.1. The minimum atomic E-state index is -1.05. The summed E-state index contributed by atoms with van der Waals surface area (Å²) < 4.78 is 17.6. The second kappa shape index (κ2) is 12.9. The average molecular weight is 560 g/mol. The molecule has 1 unspecified atom stereocenters. The highest BCUT2D eigenvalue weighted by atomic mass is 32.1. The number of amides is 2. The smallest absolute Gasteiger partial charge is 0.271 e. The van der Waals surface area contributed by atoms with E-state index in [2.05, 4.69) is 21.7 Å². The number of likely N-dealkylation sites (N-methyl/N-ethyl adjacent to an activating group) is 1. The predicted molar refractivity (Wildman–Crippen MR) is 153 cm³/mol. The highest BCUT2D eigenvalue weighted by molar-refractivity contribution is 7.22. The van der Waals surface area contributed by atoms with Crippen molar-refractivity contribution in [2.24, 2.45) is 0 Å². The highest BCUT2D eigenvalue weighted by Crippen LogP contribution is 2.36. The van der Waals surface area contributed by atoms with Crippen LogP contribution in [-0.2, 0) is 4.79 Å². The van der Waals surface area contributed by atoms with E-state index in [4.69, 9.17) is 14.2 Å². The number of thiazole rings is 1. The summed E-state index contributed by atoms with van der Waals surface area (Å²) in [6.07, 6.45) is -1.05. The van der Waals surface area contributed by atoms with E-state index in [0.29, 0.717) is 51.1 Å². The lowest BCUT2D eigenvalue weighted by Crippen LogP contribution is -2.31. The minimum Gasteiger partial charge on any atom is -0.493 e. The Hall–Kier alpha value is -4.66. The van der Waals surface area contributed by atoms with Crippen LogP contribution < -0.4 is 24.8 Å². The Morgan fingerprint density at radius 3 is 2.33 bits per heavy atom. The van der Waals surface area contributed by atoms with Crippen LogP contribution in [-0.4, -0.2) is 63.1 Å². The standard InChI is InChI=1S/C29H29N5O5S/c1-34(2)14-13-31-27(35)20-9-11-21(12-10-20)39-26(19-7-5-18(17-30)6-8-19)28(36)33-29-32-22-15-23(37-3)24(38-4)16-25(22)40-29/h5-12,15-16,26H,13-14H2,1-4H3,(H,31,35)(H,32,33,36). The number of nitrogens with one attached hydrogen (secondary N) is 2. The van der Waals surface area contributed by atoms with Gasteiger partial charge < -0.3 is 24.4 Å². The SMILES string of the molecule is COc1cc2nc(NC(=O)C(Oc3ccc(C(=O)NCCN(C)C)cc3)c3ccc(C#N)cc3)sc2cc1OC. The minimum absolute atomic E-state index is 0.195. The monoisotopic (exact) mass is 559 g/mol. The molecule has 1 heterocycles. The van der Waals surface area contributed by atoms with Crippen LogP contribution in [0.3, 0.4) is 0 Å². The maximum atomic E-state index is 13.5. The Morgan fingerprint density at radius 2 is 1.70 bits per heavy atom. The van der Waals surface area contributed by atoms with Crippen molar-refractivity contribution in [2.75, 3.05) is 46.7 Å². The molecule has 0 radical (unpaired) electrons. The maximum absolute atomic E-state index is 13.5. The van der Waals surface area contributed by atoms with Gasteiger partial charge in [0.1, 0.15) is 5.75 Å². The number of carbonyl (C=O) groups excluding carboxylic acids is 2. The molecular formula is C29H29N5O5S. The van der Waals surface area contributed by atoms with Gasteiger partial charge in [-0.05, 0) is 50.5 Å². The summed E-state index contributed by atoms with van der Waals surface area (Å²) >= 11 is 1.29. The van der Waals surface area contributed by atoms with Crippen LogP contribution in [0.2, 0.25) is 0 Å². The Bertz CT molecular complexity index is 1490. The Morgan fingerprint density at radius 1 is 1.02 bits per heavy atom. The van der Waals surface area contributed by atoms with Crippen LogP contribution in [0.25, 0.3) is 10.2 Å². The predicted octanol–water partition coefficient (Wildman–Crippen LogP) is 4.24. The Labute approximate surface area is 236 Å². The lowest BCUT2D eigenvalue weighted by Gasteiger charge is -2.19. The van der Waals surface area contributed by atoms with Gasteiger partial charge in [0.15, 0.2) is 16.6 Å². The molecule has 0 bridgehead atoms. The molecule has 10 nitrogen and oxygen atoms in total. The molecule has 0 aliphatic heterocycles. The molecule has 3 aromatic carbocycles. The largest absolute Gasteiger partial charge is 0.493 e. The number of hydrogen-bond donors (Lipinski definition) is 2. The van der Waals surface area contributed by atoms with Crippen molar-refractivity contribution in [3.05, 3.63) is 77.4 Å². The van der Waals surface area contributed by atoms with Gasteiger partial charge in [-0.25, -0.2) is 4.98 Å². The molecular weight excluding hydrogens is 530 g/mol. The molecule has 1 aromatic heterocycles. The van der Waals surface area contributed by atoms with E-state index in [1.807, 2.05) is 19.0 Å². The molecule has 4 rings (SSSR count). The summed E-state index contributed by atoms with van der Waals surface area (Å²) in [6, 6.07) is 18.8. The Balaban J connectivity index is 1.55. The number of ether oxygens (including phenoxy) is 3. The number of fused-ring (bicyclic) bond motifs is 1. The van der Waals surface area contributed by atoms with Gasteiger partial charge in [-0.2, -0.15) is 5.26 Å². The second-order valence-electron chi connectivity index (χ2n) is 9.00. The quantitative estimate of drug-likeness (QED) is 0.280. The summed E-state index contributed by atoms with van der Waals surface area (Å²) in [5.74, 6) is 0.845. The van der Waals surface area contributed by atoms with Crippen molar-refractivity contribution in [1.29, 1.82) is 5.26 Å². The van der Waals surface area contributed by atoms with Gasteiger partial charge in [-0.15, -0.1) is 0 Å². The van der Waals surface area contributed by atoms with E-state index in [0.717, 1.165) is 11.2 Å². The number of nitriles is 1. The van der Waals surface area contributed by atoms with E-state index in [-0.39, 0.29) is 5.91 Å². The van der Waals surface area contributed by atoms with Gasteiger partial charge in [0.2, 0.25) is 6.10 Å². The number of methoxy groups -OCH3 is 2. The first kappa shape index (κ1) is 28.4. The van der Waals surface area contributed by atoms with Crippen molar-refractivity contribution in [3.63, 3.8) is 0 Å². The Kier molecular flexibility index (Phi) is 9.16. The van der Waals surface area contributed by atoms with E-state index in [9.17, 15) is 14.9 Å². The van der Waals surface area contributed by atoms with Crippen LogP contribution in [0.5, 0.6) is 17.2 Å². The van der Waals surface area contributed by atoms with E-state index >= 15 is 0 Å². The molecule has 0 aliphatic rings. The zero-order chi connectivity index (χ0) is 28.6. The molecule has 11 heteroatoms. The van der Waals surface area contributed by atoms with E-state index in [1.165, 1.54) is 11.3 Å². The maximum Gasteiger partial charge on any atom is 0.271 e. The highest BCUT2D eigenvalue weighted by Gasteiger charge is 2.25. The van der Waals surface area contributed by atoms with Crippen LogP contribution in [0.15, 0.2) is 60.7 Å². The van der Waals surface area contributed by atoms with E-state index in [1.54, 1.807) is 74.9 Å². The first-order chi connectivity index (χ1) is 19.3. The summed E-state index contributed by atoms with van der Waals surface area (Å²) in [5.41, 5.74) is 2.13. The number of aromatic nitrogens is 1. The van der Waals surface area contributed by atoms with Crippen LogP contribution in [0.1, 0.15) is 27.6 Å². The fourth-order valence-electron chi connectivity index (χ4n) is 3.80. The molecule has 0 saturated heterocycles. The zero-order valence-corrected chi connectivity index (χ0v) is 23.4. The lowest BCUT2D eigenvalue weighted by molar-refractivity contribution is -0.123. The van der Waals surface area contributed by atoms with Gasteiger partial charge in [0, 0.05) is 36.3 Å². The van der Waals surface area contributed by atoms with Gasteiger partial charge in [-0.3, -0.25) is 14.9 Å². The molecule has 0 aliphatic carbocycles. The van der Waals surface area contributed by atoms with Crippen molar-refractivity contribution >= 4 is 38.5 Å². The number of benzene rings is 3. The number of rotatable bonds is 11. The van der Waals surface area contributed by atoms with Crippen molar-refractivity contribution in [3.8, 4) is 23.3 Å². The third-order valence-electron chi connectivity index (χ3n) is 5.92. The van der Waals surface area contributed by atoms with Gasteiger partial charge in [0.05, 0.1) is 36.1 Å². The molecule has 40 heavy (non-hydrogen) atoms. The molecule has 206 valence electrons. The molecule has 1 atom stereocenters. The fraction of sp³-hybridized carbons (Fsp3) is 0.241. The number of carbonyl (C=O) groups is 2. The summed E-state index contributed by atoms with van der Waals surface area (Å²) in [4.78, 5) is 32.4. The molecule has 0 fully saturated rings. The molecule has 4 aromatic rings. The molecule has 0 saturated carbocycles. The first-order valence-corrected chi connectivity index (χ1v) is 13.2.